The van der Waals surface area contributed by atoms with Crippen LogP contribution in [0.5, 0.6) is 5.75 Å². The molecule has 1 fully saturated rings. The molecule has 3 rings (SSSR count). The number of hydrogen-bond acceptors (Lipinski definition) is 6. The van der Waals surface area contributed by atoms with Crippen molar-refractivity contribution in [2.24, 2.45) is 0 Å². The summed E-state index contributed by atoms with van der Waals surface area (Å²) in [5, 5.41) is 16.0. The summed E-state index contributed by atoms with van der Waals surface area (Å²) in [4.78, 5) is 4.50. The van der Waals surface area contributed by atoms with Crippen molar-refractivity contribution in [3.8, 4) is 11.8 Å². The fourth-order valence-electron chi connectivity index (χ4n) is 2.79. The van der Waals surface area contributed by atoms with Crippen LogP contribution in [0.25, 0.3) is 0 Å². The van der Waals surface area contributed by atoms with E-state index in [1.807, 2.05) is 12.1 Å². The van der Waals surface area contributed by atoms with Gasteiger partial charge >= 0.3 is 0 Å². The molecular weight excluding hydrogens is 292 g/mol. The van der Waals surface area contributed by atoms with Gasteiger partial charge in [-0.2, -0.15) is 10.4 Å². The molecular formula is C16H20N6O. The van der Waals surface area contributed by atoms with E-state index in [0.29, 0.717) is 17.2 Å². The van der Waals surface area contributed by atoms with E-state index in [4.69, 9.17) is 10.5 Å². The number of H-pyrrole nitrogens is 1. The molecule has 0 saturated carbocycles. The van der Waals surface area contributed by atoms with Crippen LogP contribution in [0.3, 0.4) is 0 Å². The van der Waals surface area contributed by atoms with Crippen molar-refractivity contribution in [1.29, 1.82) is 5.26 Å². The van der Waals surface area contributed by atoms with E-state index in [0.717, 1.165) is 38.5 Å². The molecule has 1 aliphatic rings. The van der Waals surface area contributed by atoms with Crippen molar-refractivity contribution in [2.45, 2.75) is 6.54 Å². The van der Waals surface area contributed by atoms with Gasteiger partial charge in [0, 0.05) is 32.7 Å². The van der Waals surface area contributed by atoms with E-state index in [-0.39, 0.29) is 0 Å². The molecule has 0 amide bonds. The number of methoxy groups -OCH3 is 1. The fraction of sp³-hybridized carbons (Fsp3) is 0.375. The molecule has 0 atom stereocenters. The van der Waals surface area contributed by atoms with Gasteiger partial charge < -0.3 is 15.4 Å². The molecule has 0 spiro atoms. The number of ether oxygens (including phenoxy) is 1. The molecule has 120 valence electrons. The van der Waals surface area contributed by atoms with E-state index in [1.165, 1.54) is 5.56 Å². The van der Waals surface area contributed by atoms with E-state index >= 15 is 0 Å². The normalized spacial score (nSPS) is 15.4. The van der Waals surface area contributed by atoms with Crippen LogP contribution in [-0.2, 0) is 6.54 Å². The summed E-state index contributed by atoms with van der Waals surface area (Å²) in [6.07, 6.45) is 0. The number of benzene rings is 1. The molecule has 2 heterocycles. The second-order valence-electron chi connectivity index (χ2n) is 5.56. The van der Waals surface area contributed by atoms with Crippen molar-refractivity contribution >= 4 is 11.6 Å². The third kappa shape index (κ3) is 3.22. The van der Waals surface area contributed by atoms with Crippen LogP contribution in [0.2, 0.25) is 0 Å². The molecule has 23 heavy (non-hydrogen) atoms. The van der Waals surface area contributed by atoms with E-state index < -0.39 is 0 Å². The van der Waals surface area contributed by atoms with Crippen LogP contribution in [0.1, 0.15) is 11.1 Å². The first-order valence-corrected chi connectivity index (χ1v) is 7.55. The highest BCUT2D eigenvalue weighted by Crippen LogP contribution is 2.23. The number of nitrogens with two attached hydrogens (primary N) is 1. The third-order valence-electron chi connectivity index (χ3n) is 4.12. The molecule has 3 N–H and O–H groups in total. The Bertz CT molecular complexity index is 694. The first-order valence-electron chi connectivity index (χ1n) is 7.55. The maximum absolute atomic E-state index is 9.17. The number of nitrogens with zero attached hydrogens (tertiary/aromatic N) is 4. The smallest absolute Gasteiger partial charge is 0.170 e. The molecule has 1 aliphatic heterocycles. The predicted molar refractivity (Wildman–Crippen MR) is 88.2 cm³/mol. The lowest BCUT2D eigenvalue weighted by molar-refractivity contribution is 0.249. The summed E-state index contributed by atoms with van der Waals surface area (Å²) in [5.74, 6) is 1.87. The van der Waals surface area contributed by atoms with Gasteiger partial charge in [-0.3, -0.25) is 10.00 Å². The van der Waals surface area contributed by atoms with Crippen molar-refractivity contribution in [1.82, 2.24) is 15.1 Å². The van der Waals surface area contributed by atoms with E-state index in [9.17, 15) is 5.26 Å². The quantitative estimate of drug-likeness (QED) is 0.881. The minimum absolute atomic E-state index is 0.336. The van der Waals surface area contributed by atoms with Crippen molar-refractivity contribution in [3.63, 3.8) is 0 Å². The average Bonchev–Trinajstić information content (AvgIpc) is 2.97. The molecule has 1 aromatic heterocycles. The number of nitrogens with one attached hydrogen (secondary N) is 1. The molecule has 7 nitrogen and oxygen atoms in total. The van der Waals surface area contributed by atoms with Crippen LogP contribution in [0.15, 0.2) is 24.3 Å². The zero-order valence-corrected chi connectivity index (χ0v) is 13.1. The molecule has 0 bridgehead atoms. The van der Waals surface area contributed by atoms with Gasteiger partial charge in [0.25, 0.3) is 0 Å². The topological polar surface area (TPSA) is 94.2 Å². The number of piperazine rings is 1. The lowest BCUT2D eigenvalue weighted by Crippen LogP contribution is -2.46. The van der Waals surface area contributed by atoms with Gasteiger partial charge in [0.2, 0.25) is 0 Å². The second-order valence-corrected chi connectivity index (χ2v) is 5.56. The predicted octanol–water partition coefficient (Wildman–Crippen LogP) is 1.19. The van der Waals surface area contributed by atoms with Gasteiger partial charge in [-0.05, 0) is 17.7 Å². The fourth-order valence-corrected chi connectivity index (χ4v) is 2.79. The Hall–Kier alpha value is -2.72. The SMILES string of the molecule is COc1ccc(CN2CCN(c3n[nH]c(N)c3C#N)CC2)cc1. The minimum atomic E-state index is 0.336. The second kappa shape index (κ2) is 6.58. The number of nitrogen functional groups attached to an aromatic ring is 1. The Kier molecular flexibility index (Phi) is 4.35. The number of rotatable bonds is 4. The maximum atomic E-state index is 9.17. The van der Waals surface area contributed by atoms with E-state index in [2.05, 4.69) is 38.2 Å². The summed E-state index contributed by atoms with van der Waals surface area (Å²) in [6.45, 7) is 4.41. The van der Waals surface area contributed by atoms with Crippen LogP contribution >= 0.6 is 0 Å². The lowest BCUT2D eigenvalue weighted by atomic mass is 10.2. The Morgan fingerprint density at radius 1 is 1.26 bits per heavy atom. The number of aromatic nitrogens is 2. The molecule has 7 heteroatoms. The molecule has 0 aliphatic carbocycles. The number of hydrogen-bond donors (Lipinski definition) is 2. The van der Waals surface area contributed by atoms with Crippen molar-refractivity contribution in [2.75, 3.05) is 43.9 Å². The van der Waals surface area contributed by atoms with Crippen LogP contribution in [-0.4, -0.2) is 48.4 Å². The first-order chi connectivity index (χ1) is 11.2. The summed E-state index contributed by atoms with van der Waals surface area (Å²) < 4.78 is 5.18. The van der Waals surface area contributed by atoms with Gasteiger partial charge in [0.1, 0.15) is 23.2 Å². The van der Waals surface area contributed by atoms with Gasteiger partial charge in [-0.1, -0.05) is 12.1 Å². The van der Waals surface area contributed by atoms with Crippen molar-refractivity contribution < 1.29 is 4.74 Å². The summed E-state index contributed by atoms with van der Waals surface area (Å²) in [7, 11) is 1.67. The lowest BCUT2D eigenvalue weighted by Gasteiger charge is -2.35. The standard InChI is InChI=1S/C16H20N6O/c1-23-13-4-2-12(3-5-13)11-21-6-8-22(9-7-21)16-14(10-17)15(18)19-20-16/h2-5H,6-9,11H2,1H3,(H3,18,19,20). The Morgan fingerprint density at radius 2 is 1.96 bits per heavy atom. The summed E-state index contributed by atoms with van der Waals surface area (Å²) in [5.41, 5.74) is 7.43. The Morgan fingerprint density at radius 3 is 2.57 bits per heavy atom. The molecule has 0 radical (unpaired) electrons. The van der Waals surface area contributed by atoms with Gasteiger partial charge in [-0.25, -0.2) is 0 Å². The zero-order chi connectivity index (χ0) is 16.2. The van der Waals surface area contributed by atoms with Crippen LogP contribution in [0, 0.1) is 11.3 Å². The number of nitriles is 1. The zero-order valence-electron chi connectivity index (χ0n) is 13.1. The van der Waals surface area contributed by atoms with Gasteiger partial charge in [-0.15, -0.1) is 0 Å². The highest BCUT2D eigenvalue weighted by atomic mass is 16.5. The van der Waals surface area contributed by atoms with Crippen LogP contribution < -0.4 is 15.4 Å². The molecule has 1 aromatic carbocycles. The Labute approximate surface area is 135 Å². The molecule has 1 saturated heterocycles. The summed E-state index contributed by atoms with van der Waals surface area (Å²) >= 11 is 0. The molecule has 0 unspecified atom stereocenters. The highest BCUT2D eigenvalue weighted by molar-refractivity contribution is 5.64. The van der Waals surface area contributed by atoms with Gasteiger partial charge in [0.05, 0.1) is 7.11 Å². The van der Waals surface area contributed by atoms with E-state index in [1.54, 1.807) is 7.11 Å². The minimum Gasteiger partial charge on any atom is -0.497 e. The number of aromatic amines is 1. The van der Waals surface area contributed by atoms with Gasteiger partial charge in [0.15, 0.2) is 5.82 Å². The molecule has 2 aromatic rings. The van der Waals surface area contributed by atoms with Crippen molar-refractivity contribution in [3.05, 3.63) is 35.4 Å². The largest absolute Gasteiger partial charge is 0.497 e. The maximum Gasteiger partial charge on any atom is 0.170 e. The third-order valence-corrected chi connectivity index (χ3v) is 4.12. The van der Waals surface area contributed by atoms with Crippen LogP contribution in [0.4, 0.5) is 11.6 Å². The average molecular weight is 312 g/mol. The summed E-state index contributed by atoms with van der Waals surface area (Å²) in [6, 6.07) is 10.3. The first kappa shape index (κ1) is 15.2. The number of anilines is 2. The Balaban J connectivity index is 1.58. The highest BCUT2D eigenvalue weighted by Gasteiger charge is 2.22. The monoisotopic (exact) mass is 312 g/mol.